The maximum absolute atomic E-state index is 13.8. The van der Waals surface area contributed by atoms with Crippen LogP contribution < -0.4 is 10.6 Å². The molecule has 2 atom stereocenters. The molecule has 0 aliphatic carbocycles. The molecule has 26 heavy (non-hydrogen) atoms. The van der Waals surface area contributed by atoms with Gasteiger partial charge in [-0.25, -0.2) is 13.6 Å². The first-order chi connectivity index (χ1) is 12.4. The van der Waals surface area contributed by atoms with Crippen LogP contribution in [0.25, 0.3) is 0 Å². The second-order valence-corrected chi connectivity index (χ2v) is 6.13. The van der Waals surface area contributed by atoms with Crippen molar-refractivity contribution in [1.82, 2.24) is 15.2 Å². The number of carbonyl (C=O) groups is 2. The lowest BCUT2D eigenvalue weighted by molar-refractivity contribution is -0.122. The minimum absolute atomic E-state index is 0.0683. The molecule has 0 fully saturated rings. The summed E-state index contributed by atoms with van der Waals surface area (Å²) in [5.74, 6) is -2.09. The number of carbonyl (C=O) groups excluding carboxylic acids is 2. The highest BCUT2D eigenvalue weighted by atomic mass is 19.1. The van der Waals surface area contributed by atoms with Crippen LogP contribution in [0, 0.1) is 11.6 Å². The Balaban J connectivity index is 1.69. The molecule has 8 heteroatoms. The van der Waals surface area contributed by atoms with E-state index in [0.717, 1.165) is 11.8 Å². The van der Waals surface area contributed by atoms with Crippen LogP contribution in [0.15, 0.2) is 36.5 Å². The van der Waals surface area contributed by atoms with Crippen LogP contribution in [0.3, 0.4) is 0 Å². The molecule has 2 heterocycles. The van der Waals surface area contributed by atoms with Crippen LogP contribution in [0.1, 0.15) is 37.2 Å². The van der Waals surface area contributed by atoms with Crippen molar-refractivity contribution in [1.29, 1.82) is 0 Å². The molecule has 1 aliphatic heterocycles. The van der Waals surface area contributed by atoms with E-state index in [1.807, 2.05) is 25.1 Å². The number of hydrogen-bond acceptors (Lipinski definition) is 3. The third-order valence-electron chi connectivity index (χ3n) is 4.32. The lowest BCUT2D eigenvalue weighted by atomic mass is 10.0. The number of rotatable bonds is 4. The number of hydrogen-bond donors (Lipinski definition) is 2. The van der Waals surface area contributed by atoms with E-state index in [4.69, 9.17) is 0 Å². The monoisotopic (exact) mass is 360 g/mol. The Morgan fingerprint density at radius 3 is 2.85 bits per heavy atom. The summed E-state index contributed by atoms with van der Waals surface area (Å²) in [6.07, 6.45) is 0.887. The van der Waals surface area contributed by atoms with Crippen molar-refractivity contribution in [2.45, 2.75) is 25.9 Å². The van der Waals surface area contributed by atoms with Gasteiger partial charge in [-0.1, -0.05) is 18.2 Å². The molecule has 6 nitrogen and oxygen atoms in total. The number of urea groups is 1. The lowest BCUT2D eigenvalue weighted by Gasteiger charge is -2.35. The van der Waals surface area contributed by atoms with Crippen molar-refractivity contribution in [3.8, 4) is 0 Å². The Kier molecular flexibility index (Phi) is 4.83. The first-order valence-electron chi connectivity index (χ1n) is 8.13. The van der Waals surface area contributed by atoms with Crippen molar-refractivity contribution in [2.24, 2.45) is 0 Å². The number of nitrogens with zero attached hydrogens (tertiary/aromatic N) is 2. The van der Waals surface area contributed by atoms with Crippen LogP contribution in [0.4, 0.5) is 19.3 Å². The van der Waals surface area contributed by atoms with Crippen molar-refractivity contribution >= 4 is 17.6 Å². The van der Waals surface area contributed by atoms with Crippen LogP contribution in [-0.4, -0.2) is 28.4 Å². The molecule has 2 aromatic rings. The first-order valence-corrected chi connectivity index (χ1v) is 8.13. The molecule has 0 unspecified atom stereocenters. The molecule has 1 aliphatic rings. The van der Waals surface area contributed by atoms with Gasteiger partial charge in [0.2, 0.25) is 5.91 Å². The number of nitrogens with one attached hydrogen (secondary N) is 2. The van der Waals surface area contributed by atoms with Gasteiger partial charge in [0, 0.05) is 11.8 Å². The van der Waals surface area contributed by atoms with E-state index in [0.29, 0.717) is 11.8 Å². The van der Waals surface area contributed by atoms with Crippen LogP contribution in [0.5, 0.6) is 0 Å². The smallest absolute Gasteiger partial charge is 0.322 e. The molecule has 136 valence electrons. The van der Waals surface area contributed by atoms with Crippen LogP contribution in [0.2, 0.25) is 0 Å². The number of fused-ring (bicyclic) bond motifs is 1. The molecule has 0 saturated carbocycles. The van der Waals surface area contributed by atoms with Gasteiger partial charge in [0.25, 0.3) is 0 Å². The van der Waals surface area contributed by atoms with Gasteiger partial charge in [-0.05, 0) is 25.5 Å². The third-order valence-corrected chi connectivity index (χ3v) is 4.32. The second kappa shape index (κ2) is 7.07. The van der Waals surface area contributed by atoms with Crippen molar-refractivity contribution in [2.75, 3.05) is 11.9 Å². The average Bonchev–Trinajstić information content (AvgIpc) is 2.58. The van der Waals surface area contributed by atoms with Gasteiger partial charge in [0.15, 0.2) is 0 Å². The summed E-state index contributed by atoms with van der Waals surface area (Å²) >= 11 is 0. The largest absolute Gasteiger partial charge is 0.346 e. The van der Waals surface area contributed by atoms with Crippen LogP contribution in [-0.2, 0) is 4.79 Å². The molecular formula is C18H18F2N4O2. The second-order valence-electron chi connectivity index (χ2n) is 6.13. The lowest BCUT2D eigenvalue weighted by Crippen LogP contribution is -2.47. The zero-order chi connectivity index (χ0) is 18.8. The maximum Gasteiger partial charge on any atom is 0.322 e. The summed E-state index contributed by atoms with van der Waals surface area (Å²) in [6.45, 7) is 3.17. The average molecular weight is 360 g/mol. The molecule has 3 amide bonds. The first kappa shape index (κ1) is 17.8. The Bertz CT molecular complexity index is 859. The summed E-state index contributed by atoms with van der Waals surface area (Å²) in [4.78, 5) is 29.7. The van der Waals surface area contributed by atoms with E-state index >= 15 is 0 Å². The van der Waals surface area contributed by atoms with Gasteiger partial charge < -0.3 is 15.5 Å². The molecule has 0 radical (unpaired) electrons. The number of pyridine rings is 1. The van der Waals surface area contributed by atoms with Gasteiger partial charge in [-0.2, -0.15) is 0 Å². The number of amides is 3. The number of halogens is 2. The number of anilines is 1. The fourth-order valence-electron chi connectivity index (χ4n) is 2.97. The Morgan fingerprint density at radius 1 is 1.38 bits per heavy atom. The van der Waals surface area contributed by atoms with E-state index in [1.165, 1.54) is 11.8 Å². The Hall–Kier alpha value is -3.03. The van der Waals surface area contributed by atoms with E-state index < -0.39 is 23.6 Å². The fraction of sp³-hybridized carbons (Fsp3) is 0.278. The van der Waals surface area contributed by atoms with E-state index in [1.54, 1.807) is 6.07 Å². The van der Waals surface area contributed by atoms with Gasteiger partial charge in [0.05, 0.1) is 24.0 Å². The predicted octanol–water partition coefficient (Wildman–Crippen LogP) is 3.15. The van der Waals surface area contributed by atoms with Gasteiger partial charge in [-0.3, -0.25) is 9.78 Å². The summed E-state index contributed by atoms with van der Waals surface area (Å²) in [5, 5.41) is 5.32. The molecule has 2 N–H and O–H groups in total. The van der Waals surface area contributed by atoms with Crippen molar-refractivity contribution < 1.29 is 18.4 Å². The van der Waals surface area contributed by atoms with Crippen LogP contribution >= 0.6 is 0 Å². The zero-order valence-corrected chi connectivity index (χ0v) is 14.3. The standard InChI is InChI=1S/C18H18F2N4O2/c1-10(17-14(20)7-12(19)8-21-17)22-16(25)9-24-11(2)13-5-3-4-6-15(13)23-18(24)26/h3-8,10-11H,9H2,1-2H3,(H,22,25)(H,23,26)/t10-,11+/m1/s1. The summed E-state index contributed by atoms with van der Waals surface area (Å²) in [5.41, 5.74) is 1.55. The predicted molar refractivity (Wildman–Crippen MR) is 91.3 cm³/mol. The molecule has 1 aromatic heterocycles. The van der Waals surface area contributed by atoms with E-state index in [2.05, 4.69) is 15.6 Å². The molecular weight excluding hydrogens is 342 g/mol. The normalized spacial score (nSPS) is 17.3. The van der Waals surface area contributed by atoms with Gasteiger partial charge >= 0.3 is 6.03 Å². The number of benzene rings is 1. The van der Waals surface area contributed by atoms with Crippen molar-refractivity contribution in [3.05, 3.63) is 59.4 Å². The highest BCUT2D eigenvalue weighted by Crippen LogP contribution is 2.32. The topological polar surface area (TPSA) is 74.3 Å². The molecule has 0 spiro atoms. The highest BCUT2D eigenvalue weighted by molar-refractivity contribution is 5.95. The minimum Gasteiger partial charge on any atom is -0.346 e. The van der Waals surface area contributed by atoms with Gasteiger partial charge in [0.1, 0.15) is 18.2 Å². The van der Waals surface area contributed by atoms with E-state index in [9.17, 15) is 18.4 Å². The van der Waals surface area contributed by atoms with Gasteiger partial charge in [-0.15, -0.1) is 0 Å². The van der Waals surface area contributed by atoms with Crippen molar-refractivity contribution in [3.63, 3.8) is 0 Å². The quantitative estimate of drug-likeness (QED) is 0.880. The summed E-state index contributed by atoms with van der Waals surface area (Å²) in [6, 6.07) is 6.63. The molecule has 0 saturated heterocycles. The molecule has 1 aromatic carbocycles. The fourth-order valence-corrected chi connectivity index (χ4v) is 2.97. The SMILES string of the molecule is C[C@@H](NC(=O)CN1C(=O)Nc2ccccc2[C@@H]1C)c1ncc(F)cc1F. The maximum atomic E-state index is 13.8. The zero-order valence-electron chi connectivity index (χ0n) is 14.3. The minimum atomic E-state index is -0.837. The highest BCUT2D eigenvalue weighted by Gasteiger charge is 2.30. The molecule has 3 rings (SSSR count). The summed E-state index contributed by atoms with van der Waals surface area (Å²) in [7, 11) is 0. The van der Waals surface area contributed by atoms with E-state index in [-0.39, 0.29) is 24.3 Å². The summed E-state index contributed by atoms with van der Waals surface area (Å²) < 4.78 is 26.7. The Labute approximate surface area is 149 Å². The number of para-hydroxylation sites is 1. The number of aromatic nitrogens is 1. The molecule has 0 bridgehead atoms. The Morgan fingerprint density at radius 2 is 2.12 bits per heavy atom. The third kappa shape index (κ3) is 3.49.